The third kappa shape index (κ3) is 6.57. The zero-order valence-corrected chi connectivity index (χ0v) is 20.6. The van der Waals surface area contributed by atoms with Gasteiger partial charge >= 0.3 is 12.4 Å². The molecule has 4 rings (SSSR count). The molecule has 0 atom stereocenters. The van der Waals surface area contributed by atoms with E-state index in [2.05, 4.69) is 0 Å². The summed E-state index contributed by atoms with van der Waals surface area (Å²) in [5.41, 5.74) is 10.8. The first-order valence-electron chi connectivity index (χ1n) is 11.8. The van der Waals surface area contributed by atoms with Crippen LogP contribution in [0.25, 0.3) is 0 Å². The first-order chi connectivity index (χ1) is 18.3. The SMILES string of the molecule is CCC(c1ccc(Oc2ccc(N)cc2C(F)(F)F)cc1)c1ccc(Oc2ccc(N)cc2C(F)(F)F)cc1. The molecule has 0 aliphatic rings. The molecule has 0 unspecified atom stereocenters. The average Bonchev–Trinajstić information content (AvgIpc) is 2.87. The van der Waals surface area contributed by atoms with Gasteiger partial charge in [-0.1, -0.05) is 31.2 Å². The first kappa shape index (κ1) is 27.7. The van der Waals surface area contributed by atoms with Gasteiger partial charge < -0.3 is 20.9 Å². The fraction of sp³-hybridized carbons (Fsp3) is 0.172. The van der Waals surface area contributed by atoms with E-state index in [9.17, 15) is 26.3 Å². The molecule has 204 valence electrons. The lowest BCUT2D eigenvalue weighted by Gasteiger charge is -2.18. The molecule has 4 aromatic rings. The number of alkyl halides is 6. The van der Waals surface area contributed by atoms with Crippen molar-refractivity contribution in [1.29, 1.82) is 0 Å². The highest BCUT2D eigenvalue weighted by atomic mass is 19.4. The van der Waals surface area contributed by atoms with Gasteiger partial charge in [-0.2, -0.15) is 26.3 Å². The molecular weight excluding hydrogens is 522 g/mol. The maximum atomic E-state index is 13.4. The zero-order valence-electron chi connectivity index (χ0n) is 20.6. The monoisotopic (exact) mass is 546 g/mol. The molecular formula is C29H24F6N2O2. The average molecular weight is 547 g/mol. The Bertz CT molecular complexity index is 1320. The van der Waals surface area contributed by atoms with Crippen molar-refractivity contribution in [2.24, 2.45) is 0 Å². The smallest absolute Gasteiger partial charge is 0.420 e. The van der Waals surface area contributed by atoms with Gasteiger partial charge in [0.1, 0.15) is 34.1 Å². The Labute approximate surface area is 220 Å². The second kappa shape index (κ2) is 10.8. The van der Waals surface area contributed by atoms with Crippen molar-refractivity contribution < 1.29 is 35.8 Å². The van der Waals surface area contributed by atoms with E-state index in [4.69, 9.17) is 20.9 Å². The molecule has 39 heavy (non-hydrogen) atoms. The molecule has 0 spiro atoms. The van der Waals surface area contributed by atoms with Crippen LogP contribution in [0.3, 0.4) is 0 Å². The summed E-state index contributed by atoms with van der Waals surface area (Å²) >= 11 is 0. The van der Waals surface area contributed by atoms with E-state index in [0.717, 1.165) is 23.3 Å². The molecule has 4 N–H and O–H groups in total. The molecule has 0 heterocycles. The second-order valence-corrected chi connectivity index (χ2v) is 8.81. The maximum Gasteiger partial charge on any atom is 0.420 e. The Kier molecular flexibility index (Phi) is 7.67. The molecule has 0 fully saturated rings. The molecule has 4 aromatic carbocycles. The van der Waals surface area contributed by atoms with Crippen LogP contribution in [0.15, 0.2) is 84.9 Å². The van der Waals surface area contributed by atoms with Crippen LogP contribution >= 0.6 is 0 Å². The van der Waals surface area contributed by atoms with E-state index in [1.807, 2.05) is 6.92 Å². The van der Waals surface area contributed by atoms with Crippen molar-refractivity contribution in [2.45, 2.75) is 31.6 Å². The van der Waals surface area contributed by atoms with E-state index in [-0.39, 0.29) is 40.3 Å². The number of nitrogen functional groups attached to an aromatic ring is 2. The van der Waals surface area contributed by atoms with E-state index >= 15 is 0 Å². The number of nitrogens with two attached hydrogens (primary N) is 2. The van der Waals surface area contributed by atoms with Crippen molar-refractivity contribution in [1.82, 2.24) is 0 Å². The fourth-order valence-electron chi connectivity index (χ4n) is 4.17. The Balaban J connectivity index is 1.51. The largest absolute Gasteiger partial charge is 0.457 e. The van der Waals surface area contributed by atoms with Gasteiger partial charge in [-0.3, -0.25) is 0 Å². The molecule has 0 saturated heterocycles. The lowest BCUT2D eigenvalue weighted by molar-refractivity contribution is -0.139. The molecule has 0 amide bonds. The molecule has 0 aliphatic heterocycles. The van der Waals surface area contributed by atoms with Crippen molar-refractivity contribution >= 4 is 11.4 Å². The third-order valence-electron chi connectivity index (χ3n) is 6.05. The van der Waals surface area contributed by atoms with E-state index in [1.165, 1.54) is 24.3 Å². The van der Waals surface area contributed by atoms with Gasteiger partial charge in [0.25, 0.3) is 0 Å². The number of rotatable bonds is 7. The topological polar surface area (TPSA) is 70.5 Å². The van der Waals surface area contributed by atoms with Crippen molar-refractivity contribution in [3.63, 3.8) is 0 Å². The molecule has 4 nitrogen and oxygen atoms in total. The third-order valence-corrected chi connectivity index (χ3v) is 6.05. The number of hydrogen-bond acceptors (Lipinski definition) is 4. The molecule has 0 radical (unpaired) electrons. The van der Waals surface area contributed by atoms with Crippen LogP contribution in [-0.4, -0.2) is 0 Å². The highest BCUT2D eigenvalue weighted by Gasteiger charge is 2.35. The van der Waals surface area contributed by atoms with Crippen molar-refractivity contribution in [3.05, 3.63) is 107 Å². The van der Waals surface area contributed by atoms with Crippen LogP contribution in [0.2, 0.25) is 0 Å². The number of benzene rings is 4. The second-order valence-electron chi connectivity index (χ2n) is 8.81. The number of hydrogen-bond donors (Lipinski definition) is 2. The minimum atomic E-state index is -4.63. The highest BCUT2D eigenvalue weighted by molar-refractivity contribution is 5.52. The van der Waals surface area contributed by atoms with Crippen LogP contribution in [0.1, 0.15) is 41.5 Å². The van der Waals surface area contributed by atoms with Gasteiger partial charge in [0, 0.05) is 17.3 Å². The number of halogens is 6. The van der Waals surface area contributed by atoms with Crippen molar-refractivity contribution in [3.8, 4) is 23.0 Å². The van der Waals surface area contributed by atoms with Gasteiger partial charge in [0.15, 0.2) is 0 Å². The van der Waals surface area contributed by atoms with E-state index in [1.54, 1.807) is 48.5 Å². The van der Waals surface area contributed by atoms with Crippen LogP contribution in [0, 0.1) is 0 Å². The molecule has 0 saturated carbocycles. The summed E-state index contributed by atoms with van der Waals surface area (Å²) in [6, 6.07) is 20.0. The first-order valence-corrected chi connectivity index (χ1v) is 11.8. The Hall–Kier alpha value is -4.34. The Morgan fingerprint density at radius 1 is 0.590 bits per heavy atom. The predicted octanol–water partition coefficient (Wildman–Crippen LogP) is 9.02. The summed E-state index contributed by atoms with van der Waals surface area (Å²) in [4.78, 5) is 0. The number of ether oxygens (including phenoxy) is 2. The van der Waals surface area contributed by atoms with E-state index in [0.29, 0.717) is 6.42 Å². The van der Waals surface area contributed by atoms with E-state index < -0.39 is 23.5 Å². The van der Waals surface area contributed by atoms with Crippen LogP contribution < -0.4 is 20.9 Å². The quantitative estimate of drug-likeness (QED) is 0.179. The Morgan fingerprint density at radius 3 is 1.26 bits per heavy atom. The minimum Gasteiger partial charge on any atom is -0.457 e. The van der Waals surface area contributed by atoms with Gasteiger partial charge in [0.2, 0.25) is 0 Å². The minimum absolute atomic E-state index is 0.0264. The normalized spacial score (nSPS) is 12.0. The van der Waals surface area contributed by atoms with Gasteiger partial charge in [0.05, 0.1) is 0 Å². The summed E-state index contributed by atoms with van der Waals surface area (Å²) in [6.45, 7) is 1.97. The molecule has 10 heteroatoms. The van der Waals surface area contributed by atoms with Crippen LogP contribution in [0.4, 0.5) is 37.7 Å². The lowest BCUT2D eigenvalue weighted by atomic mass is 9.89. The molecule has 0 aromatic heterocycles. The van der Waals surface area contributed by atoms with Gasteiger partial charge in [-0.05, 0) is 78.2 Å². The highest BCUT2D eigenvalue weighted by Crippen LogP contribution is 2.41. The molecule has 0 aliphatic carbocycles. The van der Waals surface area contributed by atoms with Crippen LogP contribution in [-0.2, 0) is 12.4 Å². The Morgan fingerprint density at radius 2 is 0.949 bits per heavy atom. The van der Waals surface area contributed by atoms with Crippen molar-refractivity contribution in [2.75, 3.05) is 11.5 Å². The van der Waals surface area contributed by atoms with Gasteiger partial charge in [-0.15, -0.1) is 0 Å². The maximum absolute atomic E-state index is 13.4. The predicted molar refractivity (Wildman–Crippen MR) is 137 cm³/mol. The summed E-state index contributed by atoms with van der Waals surface area (Å²) in [5, 5.41) is 0. The van der Waals surface area contributed by atoms with Crippen LogP contribution in [0.5, 0.6) is 23.0 Å². The molecule has 0 bridgehead atoms. The fourth-order valence-corrected chi connectivity index (χ4v) is 4.17. The van der Waals surface area contributed by atoms with Gasteiger partial charge in [-0.25, -0.2) is 0 Å². The zero-order chi connectivity index (χ0) is 28.4. The summed E-state index contributed by atoms with van der Waals surface area (Å²) in [5.74, 6) is -0.366. The lowest BCUT2D eigenvalue weighted by Crippen LogP contribution is -2.08. The number of anilines is 2. The standard InChI is InChI=1S/C29H24F6N2O2/c1-2-23(17-3-9-21(10-4-17)38-26-13-7-19(36)15-24(26)28(30,31)32)18-5-11-22(12-6-18)39-27-14-8-20(37)16-25(27)29(33,34)35/h3-16,23H,2,36-37H2,1H3. The summed E-state index contributed by atoms with van der Waals surface area (Å²) < 4.78 is 91.2. The summed E-state index contributed by atoms with van der Waals surface area (Å²) in [7, 11) is 0. The summed E-state index contributed by atoms with van der Waals surface area (Å²) in [6.07, 6.45) is -8.57.